The predicted octanol–water partition coefficient (Wildman–Crippen LogP) is 7.35. The van der Waals surface area contributed by atoms with Crippen molar-refractivity contribution in [2.75, 3.05) is 12.5 Å². The zero-order valence-corrected chi connectivity index (χ0v) is 16.9. The Kier molecular flexibility index (Phi) is 10.4. The fourth-order valence-electron chi connectivity index (χ4n) is 3.10. The number of benzene rings is 2. The number of nitriles is 1. The molecule has 3 heteroatoms. The van der Waals surface area contributed by atoms with Gasteiger partial charge in [0, 0.05) is 5.88 Å². The van der Waals surface area contributed by atoms with Crippen LogP contribution in [0.2, 0.25) is 0 Å². The highest BCUT2D eigenvalue weighted by molar-refractivity contribution is 6.17. The number of hydrogen-bond donors (Lipinski definition) is 0. The molecule has 27 heavy (non-hydrogen) atoms. The van der Waals surface area contributed by atoms with Crippen LogP contribution in [0.4, 0.5) is 0 Å². The molecule has 2 nitrogen and oxygen atoms in total. The van der Waals surface area contributed by atoms with Crippen molar-refractivity contribution in [3.05, 3.63) is 54.1 Å². The SMILES string of the molecule is N#Cc1ccc(-c2ccc(OCCCCCCCCCCCCl)cc2)cc1. The van der Waals surface area contributed by atoms with Crippen molar-refractivity contribution in [1.82, 2.24) is 0 Å². The van der Waals surface area contributed by atoms with E-state index in [1.807, 2.05) is 36.4 Å². The third-order valence-electron chi connectivity index (χ3n) is 4.75. The molecule has 0 aliphatic heterocycles. The van der Waals surface area contributed by atoms with Crippen LogP contribution in [-0.4, -0.2) is 12.5 Å². The van der Waals surface area contributed by atoms with Gasteiger partial charge in [-0.2, -0.15) is 5.26 Å². The van der Waals surface area contributed by atoms with Crippen LogP contribution < -0.4 is 4.74 Å². The lowest BCUT2D eigenvalue weighted by atomic mass is 10.0. The van der Waals surface area contributed by atoms with Crippen molar-refractivity contribution in [3.8, 4) is 22.9 Å². The number of hydrogen-bond acceptors (Lipinski definition) is 2. The highest BCUT2D eigenvalue weighted by atomic mass is 35.5. The third kappa shape index (κ3) is 8.50. The molecule has 0 aliphatic carbocycles. The highest BCUT2D eigenvalue weighted by Crippen LogP contribution is 2.23. The van der Waals surface area contributed by atoms with E-state index in [9.17, 15) is 0 Å². The number of alkyl halides is 1. The van der Waals surface area contributed by atoms with Gasteiger partial charge in [0.15, 0.2) is 0 Å². The lowest BCUT2D eigenvalue weighted by Gasteiger charge is -2.08. The van der Waals surface area contributed by atoms with Crippen LogP contribution in [0.5, 0.6) is 5.75 Å². The molecular formula is C24H30ClNO. The van der Waals surface area contributed by atoms with Crippen molar-refractivity contribution in [2.45, 2.75) is 57.8 Å². The van der Waals surface area contributed by atoms with Crippen molar-refractivity contribution >= 4 is 11.6 Å². The molecule has 2 rings (SSSR count). The van der Waals surface area contributed by atoms with E-state index in [0.29, 0.717) is 5.56 Å². The molecule has 0 saturated carbocycles. The molecule has 0 radical (unpaired) electrons. The Morgan fingerprint density at radius 3 is 1.67 bits per heavy atom. The van der Waals surface area contributed by atoms with Gasteiger partial charge in [-0.05, 0) is 48.2 Å². The minimum absolute atomic E-state index is 0.685. The first-order valence-corrected chi connectivity index (χ1v) is 10.7. The third-order valence-corrected chi connectivity index (χ3v) is 5.02. The van der Waals surface area contributed by atoms with Crippen LogP contribution in [0.15, 0.2) is 48.5 Å². The Morgan fingerprint density at radius 2 is 1.15 bits per heavy atom. The largest absolute Gasteiger partial charge is 0.494 e. The van der Waals surface area contributed by atoms with Crippen LogP contribution in [0.25, 0.3) is 11.1 Å². The molecule has 0 unspecified atom stereocenters. The maximum absolute atomic E-state index is 8.87. The molecular weight excluding hydrogens is 354 g/mol. The van der Waals surface area contributed by atoms with Crippen LogP contribution in [0.3, 0.4) is 0 Å². The normalized spacial score (nSPS) is 10.5. The first-order chi connectivity index (χ1) is 13.3. The molecule has 0 fully saturated rings. The Hall–Kier alpha value is -1.98. The van der Waals surface area contributed by atoms with E-state index < -0.39 is 0 Å². The van der Waals surface area contributed by atoms with Gasteiger partial charge >= 0.3 is 0 Å². The Morgan fingerprint density at radius 1 is 0.667 bits per heavy atom. The summed E-state index contributed by atoms with van der Waals surface area (Å²) in [4.78, 5) is 0. The molecule has 2 aromatic carbocycles. The molecule has 0 spiro atoms. The maximum Gasteiger partial charge on any atom is 0.119 e. The molecule has 0 saturated heterocycles. The quantitative estimate of drug-likeness (QED) is 0.267. The molecule has 0 atom stereocenters. The monoisotopic (exact) mass is 383 g/mol. The van der Waals surface area contributed by atoms with Gasteiger partial charge < -0.3 is 4.74 Å². The lowest BCUT2D eigenvalue weighted by Crippen LogP contribution is -1.97. The van der Waals surface area contributed by atoms with Gasteiger partial charge in [-0.3, -0.25) is 0 Å². The molecule has 0 N–H and O–H groups in total. The fraction of sp³-hybridized carbons (Fsp3) is 0.458. The van der Waals surface area contributed by atoms with Crippen LogP contribution in [0.1, 0.15) is 63.4 Å². The lowest BCUT2D eigenvalue weighted by molar-refractivity contribution is 0.304. The summed E-state index contributed by atoms with van der Waals surface area (Å²) in [5.41, 5.74) is 2.94. The Bertz CT molecular complexity index is 673. The van der Waals surface area contributed by atoms with E-state index in [4.69, 9.17) is 21.6 Å². The van der Waals surface area contributed by atoms with Crippen molar-refractivity contribution in [3.63, 3.8) is 0 Å². The first-order valence-electron chi connectivity index (χ1n) is 10.1. The van der Waals surface area contributed by atoms with Crippen molar-refractivity contribution in [1.29, 1.82) is 5.26 Å². The number of nitrogens with zero attached hydrogens (tertiary/aromatic N) is 1. The molecule has 0 aliphatic rings. The number of rotatable bonds is 13. The fourth-order valence-corrected chi connectivity index (χ4v) is 3.29. The molecule has 0 bridgehead atoms. The van der Waals surface area contributed by atoms with E-state index in [0.717, 1.165) is 42.2 Å². The van der Waals surface area contributed by atoms with Gasteiger partial charge in [-0.25, -0.2) is 0 Å². The van der Waals surface area contributed by atoms with Gasteiger partial charge in [0.1, 0.15) is 5.75 Å². The van der Waals surface area contributed by atoms with Gasteiger partial charge in [-0.15, -0.1) is 11.6 Å². The summed E-state index contributed by atoms with van der Waals surface area (Å²) in [6.07, 6.45) is 11.5. The average Bonchev–Trinajstić information content (AvgIpc) is 2.72. The zero-order valence-electron chi connectivity index (χ0n) is 16.1. The van der Waals surface area contributed by atoms with Crippen LogP contribution in [0, 0.1) is 11.3 Å². The molecule has 0 heterocycles. The second kappa shape index (κ2) is 13.2. The van der Waals surface area contributed by atoms with Gasteiger partial charge in [0.2, 0.25) is 0 Å². The Balaban J connectivity index is 1.57. The van der Waals surface area contributed by atoms with Crippen LogP contribution in [-0.2, 0) is 0 Å². The summed E-state index contributed by atoms with van der Waals surface area (Å²) in [7, 11) is 0. The van der Waals surface area contributed by atoms with E-state index in [-0.39, 0.29) is 0 Å². The minimum Gasteiger partial charge on any atom is -0.494 e. The van der Waals surface area contributed by atoms with E-state index in [2.05, 4.69) is 18.2 Å². The summed E-state index contributed by atoms with van der Waals surface area (Å²) in [5, 5.41) is 8.87. The van der Waals surface area contributed by atoms with Crippen molar-refractivity contribution < 1.29 is 4.74 Å². The van der Waals surface area contributed by atoms with E-state index >= 15 is 0 Å². The minimum atomic E-state index is 0.685. The molecule has 2 aromatic rings. The highest BCUT2D eigenvalue weighted by Gasteiger charge is 2.00. The summed E-state index contributed by atoms with van der Waals surface area (Å²) in [6, 6.07) is 18.0. The van der Waals surface area contributed by atoms with E-state index in [1.165, 1.54) is 44.9 Å². The summed E-state index contributed by atoms with van der Waals surface area (Å²) in [6.45, 7) is 0.784. The summed E-state index contributed by atoms with van der Waals surface area (Å²) >= 11 is 5.68. The summed E-state index contributed by atoms with van der Waals surface area (Å²) in [5.74, 6) is 1.73. The topological polar surface area (TPSA) is 33.0 Å². The number of ether oxygens (including phenoxy) is 1. The second-order valence-corrected chi connectivity index (χ2v) is 7.31. The average molecular weight is 384 g/mol. The zero-order chi connectivity index (χ0) is 19.2. The van der Waals surface area contributed by atoms with Gasteiger partial charge in [-0.1, -0.05) is 69.2 Å². The second-order valence-electron chi connectivity index (χ2n) is 6.93. The van der Waals surface area contributed by atoms with Crippen LogP contribution >= 0.6 is 11.6 Å². The smallest absolute Gasteiger partial charge is 0.119 e. The number of unbranched alkanes of at least 4 members (excludes halogenated alkanes) is 8. The maximum atomic E-state index is 8.87. The van der Waals surface area contributed by atoms with Gasteiger partial charge in [0.05, 0.1) is 18.2 Å². The van der Waals surface area contributed by atoms with Gasteiger partial charge in [0.25, 0.3) is 0 Å². The predicted molar refractivity (Wildman–Crippen MR) is 114 cm³/mol. The Labute approximate surface area is 169 Å². The van der Waals surface area contributed by atoms with Crippen molar-refractivity contribution in [2.24, 2.45) is 0 Å². The molecule has 0 aromatic heterocycles. The summed E-state index contributed by atoms with van der Waals surface area (Å²) < 4.78 is 5.85. The van der Waals surface area contributed by atoms with E-state index in [1.54, 1.807) is 0 Å². The number of halogens is 1. The first kappa shape index (κ1) is 21.3. The standard InChI is InChI=1S/C24H30ClNO/c25-18-8-6-4-2-1-3-5-7-9-19-27-24-16-14-23(15-17-24)22-12-10-21(20-26)11-13-22/h10-17H,1-9,18-19H2. The molecule has 144 valence electrons. The molecule has 0 amide bonds.